The van der Waals surface area contributed by atoms with Gasteiger partial charge in [-0.3, -0.25) is 4.79 Å². The lowest BCUT2D eigenvalue weighted by Crippen LogP contribution is -2.48. The Morgan fingerprint density at radius 1 is 1.47 bits per heavy atom. The average Bonchev–Trinajstić information content (AvgIpc) is 2.29. The highest BCUT2D eigenvalue weighted by Gasteiger charge is 2.29. The fourth-order valence-electron chi connectivity index (χ4n) is 1.76. The maximum Gasteiger partial charge on any atom is 0.234 e. The molecule has 0 saturated carbocycles. The third-order valence-electron chi connectivity index (χ3n) is 3.18. The number of ether oxygens (including phenoxy) is 1. The van der Waals surface area contributed by atoms with Crippen LogP contribution in [0.15, 0.2) is 0 Å². The highest BCUT2D eigenvalue weighted by molar-refractivity contribution is 5.78. The molecule has 1 rings (SSSR count). The largest absolute Gasteiger partial charge is 0.388 e. The zero-order valence-corrected chi connectivity index (χ0v) is 10.8. The first-order chi connectivity index (χ1) is 8.06. The molecule has 1 heterocycles. The number of rotatable bonds is 6. The second-order valence-corrected chi connectivity index (χ2v) is 4.82. The number of aliphatic hydroxyl groups is 1. The molecule has 0 aromatic carbocycles. The second kappa shape index (κ2) is 6.93. The van der Waals surface area contributed by atoms with Gasteiger partial charge in [-0.1, -0.05) is 6.92 Å². The Morgan fingerprint density at radius 2 is 2.12 bits per heavy atom. The highest BCUT2D eigenvalue weighted by atomic mass is 16.5. The van der Waals surface area contributed by atoms with Crippen molar-refractivity contribution >= 4 is 5.91 Å². The summed E-state index contributed by atoms with van der Waals surface area (Å²) in [5.41, 5.74) is -0.713. The molecule has 1 saturated heterocycles. The van der Waals surface area contributed by atoms with Crippen LogP contribution in [0.25, 0.3) is 0 Å². The number of hydrogen-bond acceptors (Lipinski definition) is 4. The van der Waals surface area contributed by atoms with Crippen molar-refractivity contribution in [2.24, 2.45) is 0 Å². The van der Waals surface area contributed by atoms with Crippen LogP contribution in [0.3, 0.4) is 0 Å². The summed E-state index contributed by atoms with van der Waals surface area (Å²) in [6.07, 6.45) is 2.19. The molecule has 1 aliphatic heterocycles. The minimum Gasteiger partial charge on any atom is -0.388 e. The lowest BCUT2D eigenvalue weighted by atomic mass is 9.94. The summed E-state index contributed by atoms with van der Waals surface area (Å²) < 4.78 is 5.19. The summed E-state index contributed by atoms with van der Waals surface area (Å²) in [6, 6.07) is 0.204. The highest BCUT2D eigenvalue weighted by Crippen LogP contribution is 2.18. The van der Waals surface area contributed by atoms with E-state index < -0.39 is 5.60 Å². The minimum atomic E-state index is -0.713. The topological polar surface area (TPSA) is 70.6 Å². The van der Waals surface area contributed by atoms with Crippen LogP contribution in [-0.4, -0.2) is 49.0 Å². The van der Waals surface area contributed by atoms with Crippen molar-refractivity contribution in [3.05, 3.63) is 0 Å². The quantitative estimate of drug-likeness (QED) is 0.616. The molecule has 5 heteroatoms. The van der Waals surface area contributed by atoms with Gasteiger partial charge < -0.3 is 20.5 Å². The van der Waals surface area contributed by atoms with E-state index in [0.717, 1.165) is 6.42 Å². The Morgan fingerprint density at radius 3 is 2.71 bits per heavy atom. The van der Waals surface area contributed by atoms with E-state index in [1.807, 2.05) is 13.8 Å². The second-order valence-electron chi connectivity index (χ2n) is 4.82. The van der Waals surface area contributed by atoms with Gasteiger partial charge in [0.05, 0.1) is 12.1 Å². The molecule has 1 unspecified atom stereocenters. The SMILES string of the molecule is CCC(C)NC(=O)CNCC1(O)CCOCC1. The minimum absolute atomic E-state index is 0.0185. The van der Waals surface area contributed by atoms with Crippen molar-refractivity contribution in [3.8, 4) is 0 Å². The molecule has 5 nitrogen and oxygen atoms in total. The third-order valence-corrected chi connectivity index (χ3v) is 3.18. The van der Waals surface area contributed by atoms with Gasteiger partial charge in [-0.25, -0.2) is 0 Å². The fourth-order valence-corrected chi connectivity index (χ4v) is 1.76. The van der Waals surface area contributed by atoms with E-state index in [0.29, 0.717) is 32.6 Å². The number of nitrogens with one attached hydrogen (secondary N) is 2. The van der Waals surface area contributed by atoms with Crippen LogP contribution < -0.4 is 10.6 Å². The predicted molar refractivity (Wildman–Crippen MR) is 65.8 cm³/mol. The molecule has 17 heavy (non-hydrogen) atoms. The predicted octanol–water partition coefficient (Wildman–Crippen LogP) is 0.0322. The molecule has 1 fully saturated rings. The van der Waals surface area contributed by atoms with Gasteiger partial charge in [-0.05, 0) is 13.3 Å². The van der Waals surface area contributed by atoms with E-state index in [1.54, 1.807) is 0 Å². The molecular formula is C12H24N2O3. The lowest BCUT2D eigenvalue weighted by Gasteiger charge is -2.32. The van der Waals surface area contributed by atoms with E-state index in [-0.39, 0.29) is 18.5 Å². The van der Waals surface area contributed by atoms with Gasteiger partial charge in [-0.15, -0.1) is 0 Å². The first-order valence-corrected chi connectivity index (χ1v) is 6.36. The van der Waals surface area contributed by atoms with Gasteiger partial charge >= 0.3 is 0 Å². The van der Waals surface area contributed by atoms with Gasteiger partial charge in [0.2, 0.25) is 5.91 Å². The van der Waals surface area contributed by atoms with Crippen LogP contribution in [0.2, 0.25) is 0 Å². The maximum atomic E-state index is 11.5. The van der Waals surface area contributed by atoms with E-state index >= 15 is 0 Å². The van der Waals surface area contributed by atoms with E-state index in [1.165, 1.54) is 0 Å². The molecule has 0 aromatic heterocycles. The molecular weight excluding hydrogens is 220 g/mol. The van der Waals surface area contributed by atoms with Gasteiger partial charge in [-0.2, -0.15) is 0 Å². The molecule has 0 bridgehead atoms. The van der Waals surface area contributed by atoms with Gasteiger partial charge in [0, 0.05) is 38.6 Å². The van der Waals surface area contributed by atoms with Crippen molar-refractivity contribution in [1.82, 2.24) is 10.6 Å². The lowest BCUT2D eigenvalue weighted by molar-refractivity contribution is -0.121. The zero-order chi connectivity index (χ0) is 12.7. The number of carbonyl (C=O) groups is 1. The molecule has 1 atom stereocenters. The molecule has 100 valence electrons. The molecule has 1 amide bonds. The van der Waals surface area contributed by atoms with Crippen molar-refractivity contribution in [2.45, 2.75) is 44.8 Å². The van der Waals surface area contributed by atoms with Crippen LogP contribution in [0, 0.1) is 0 Å². The summed E-state index contributed by atoms with van der Waals surface area (Å²) in [5, 5.41) is 16.0. The number of hydrogen-bond donors (Lipinski definition) is 3. The normalized spacial score (nSPS) is 20.9. The molecule has 0 spiro atoms. The van der Waals surface area contributed by atoms with Crippen molar-refractivity contribution in [3.63, 3.8) is 0 Å². The Kier molecular flexibility index (Phi) is 5.88. The summed E-state index contributed by atoms with van der Waals surface area (Å²) in [6.45, 7) is 5.90. The molecule has 1 aliphatic rings. The average molecular weight is 244 g/mol. The first kappa shape index (κ1) is 14.4. The number of amides is 1. The van der Waals surface area contributed by atoms with Crippen molar-refractivity contribution in [2.75, 3.05) is 26.3 Å². The summed E-state index contributed by atoms with van der Waals surface area (Å²) in [5.74, 6) is -0.0185. The summed E-state index contributed by atoms with van der Waals surface area (Å²) in [4.78, 5) is 11.5. The summed E-state index contributed by atoms with van der Waals surface area (Å²) in [7, 11) is 0. The van der Waals surface area contributed by atoms with Gasteiger partial charge in [0.1, 0.15) is 0 Å². The standard InChI is InChI=1S/C12H24N2O3/c1-3-10(2)14-11(15)8-13-9-12(16)4-6-17-7-5-12/h10,13,16H,3-9H2,1-2H3,(H,14,15). The van der Waals surface area contributed by atoms with Crippen molar-refractivity contribution < 1.29 is 14.6 Å². The van der Waals surface area contributed by atoms with Crippen LogP contribution in [0.4, 0.5) is 0 Å². The molecule has 3 N–H and O–H groups in total. The smallest absolute Gasteiger partial charge is 0.234 e. The van der Waals surface area contributed by atoms with Gasteiger partial charge in [0.25, 0.3) is 0 Å². The van der Waals surface area contributed by atoms with Crippen LogP contribution in [0.5, 0.6) is 0 Å². The van der Waals surface area contributed by atoms with Gasteiger partial charge in [0.15, 0.2) is 0 Å². The van der Waals surface area contributed by atoms with E-state index in [4.69, 9.17) is 4.74 Å². The zero-order valence-electron chi connectivity index (χ0n) is 10.8. The van der Waals surface area contributed by atoms with E-state index in [2.05, 4.69) is 10.6 Å². The Labute approximate surface area is 103 Å². The third kappa shape index (κ3) is 5.48. The summed E-state index contributed by atoms with van der Waals surface area (Å²) >= 11 is 0. The Hall–Kier alpha value is -0.650. The van der Waals surface area contributed by atoms with E-state index in [9.17, 15) is 9.90 Å². The monoisotopic (exact) mass is 244 g/mol. The van der Waals surface area contributed by atoms with Crippen LogP contribution in [0.1, 0.15) is 33.1 Å². The number of carbonyl (C=O) groups excluding carboxylic acids is 1. The Balaban J connectivity index is 2.16. The van der Waals surface area contributed by atoms with Crippen LogP contribution in [-0.2, 0) is 9.53 Å². The van der Waals surface area contributed by atoms with Crippen LogP contribution >= 0.6 is 0 Å². The molecule has 0 aliphatic carbocycles. The first-order valence-electron chi connectivity index (χ1n) is 6.36. The molecule has 0 aromatic rings. The fraction of sp³-hybridized carbons (Fsp3) is 0.917. The maximum absolute atomic E-state index is 11.5. The Bertz CT molecular complexity index is 240. The molecule has 0 radical (unpaired) electrons. The van der Waals surface area contributed by atoms with Crippen molar-refractivity contribution in [1.29, 1.82) is 0 Å².